The molecule has 3 aromatic carbocycles. The van der Waals surface area contributed by atoms with E-state index in [9.17, 15) is 9.59 Å². The summed E-state index contributed by atoms with van der Waals surface area (Å²) in [7, 11) is 1.56. The van der Waals surface area contributed by atoms with Gasteiger partial charge in [0.15, 0.2) is 0 Å². The molecule has 0 aliphatic heterocycles. The summed E-state index contributed by atoms with van der Waals surface area (Å²) in [4.78, 5) is 26.1. The predicted octanol–water partition coefficient (Wildman–Crippen LogP) is 5.21. The molecule has 6 nitrogen and oxygen atoms in total. The Balaban J connectivity index is 1.66. The van der Waals surface area contributed by atoms with E-state index in [2.05, 4.69) is 42.5 Å². The molecule has 0 saturated carbocycles. The summed E-state index contributed by atoms with van der Waals surface area (Å²) in [6, 6.07) is 26.3. The number of benzene rings is 3. The molecule has 35 heavy (non-hydrogen) atoms. The first-order valence-electron chi connectivity index (χ1n) is 11.1. The van der Waals surface area contributed by atoms with Crippen LogP contribution in [0, 0.1) is 0 Å². The maximum Gasteiger partial charge on any atom is 0.270 e. The molecule has 4 rings (SSSR count). The highest BCUT2D eigenvalue weighted by Crippen LogP contribution is 2.28. The van der Waals surface area contributed by atoms with Crippen LogP contribution in [0.4, 0.5) is 0 Å². The Kier molecular flexibility index (Phi) is 8.15. The summed E-state index contributed by atoms with van der Waals surface area (Å²) < 4.78 is 3.48. The quantitative estimate of drug-likeness (QED) is 0.294. The molecule has 0 aliphatic rings. The Morgan fingerprint density at radius 1 is 0.914 bits per heavy atom. The van der Waals surface area contributed by atoms with E-state index in [-0.39, 0.29) is 11.8 Å². The van der Waals surface area contributed by atoms with Crippen LogP contribution >= 0.6 is 31.9 Å². The van der Waals surface area contributed by atoms with E-state index in [0.29, 0.717) is 24.4 Å². The largest absolute Gasteiger partial charge is 0.357 e. The van der Waals surface area contributed by atoms with Gasteiger partial charge in [0, 0.05) is 28.0 Å². The average molecular weight is 596 g/mol. The zero-order valence-corrected chi connectivity index (χ0v) is 22.2. The smallest absolute Gasteiger partial charge is 0.270 e. The molecule has 0 aliphatic carbocycles. The molecule has 2 N–H and O–H groups in total. The molecule has 0 saturated heterocycles. The lowest BCUT2D eigenvalue weighted by Crippen LogP contribution is -2.47. The number of carbonyl (C=O) groups is 2. The van der Waals surface area contributed by atoms with Crippen LogP contribution in [0.5, 0.6) is 0 Å². The van der Waals surface area contributed by atoms with Crippen LogP contribution < -0.4 is 10.6 Å². The number of hydrogen-bond donors (Lipinski definition) is 2. The van der Waals surface area contributed by atoms with Crippen LogP contribution in [-0.2, 0) is 17.8 Å². The third-order valence-electron chi connectivity index (χ3n) is 5.53. The lowest BCUT2D eigenvalue weighted by molar-refractivity contribution is -0.122. The van der Waals surface area contributed by atoms with Crippen LogP contribution in [0.3, 0.4) is 0 Å². The molecule has 0 bridgehead atoms. The van der Waals surface area contributed by atoms with Gasteiger partial charge in [-0.15, -0.1) is 0 Å². The molecule has 1 heterocycles. The van der Waals surface area contributed by atoms with Crippen molar-refractivity contribution in [1.29, 1.82) is 0 Å². The summed E-state index contributed by atoms with van der Waals surface area (Å²) in [5.41, 5.74) is 3.87. The number of nitrogens with one attached hydrogen (secondary N) is 2. The number of likely N-dealkylation sites (N-methyl/N-ethyl adjacent to an activating group) is 1. The van der Waals surface area contributed by atoms with Gasteiger partial charge in [0.05, 0.1) is 12.2 Å². The maximum atomic E-state index is 13.5. The first-order valence-corrected chi connectivity index (χ1v) is 12.7. The molecule has 0 unspecified atom stereocenters. The van der Waals surface area contributed by atoms with Crippen LogP contribution in [0.2, 0.25) is 0 Å². The summed E-state index contributed by atoms with van der Waals surface area (Å²) in [6.45, 7) is 0.421. The van der Waals surface area contributed by atoms with Crippen LogP contribution in [0.1, 0.15) is 21.6 Å². The van der Waals surface area contributed by atoms with E-state index >= 15 is 0 Å². The van der Waals surface area contributed by atoms with Crippen LogP contribution in [-0.4, -0.2) is 34.7 Å². The Hall–Kier alpha value is -3.23. The molecular weight excluding hydrogens is 572 g/mol. The van der Waals surface area contributed by atoms with Crippen molar-refractivity contribution in [1.82, 2.24) is 20.4 Å². The first-order chi connectivity index (χ1) is 16.9. The van der Waals surface area contributed by atoms with Crippen molar-refractivity contribution in [2.45, 2.75) is 19.0 Å². The lowest BCUT2D eigenvalue weighted by Gasteiger charge is -2.18. The van der Waals surface area contributed by atoms with Gasteiger partial charge in [0.25, 0.3) is 5.91 Å². The number of carbonyl (C=O) groups excluding carboxylic acids is 2. The van der Waals surface area contributed by atoms with Gasteiger partial charge in [-0.1, -0.05) is 92.5 Å². The predicted molar refractivity (Wildman–Crippen MR) is 144 cm³/mol. The molecule has 0 spiro atoms. The summed E-state index contributed by atoms with van der Waals surface area (Å²) in [6.07, 6.45) is 0.356. The molecule has 1 aromatic heterocycles. The third-order valence-corrected chi connectivity index (χ3v) is 6.72. The van der Waals surface area contributed by atoms with Crippen molar-refractivity contribution in [2.24, 2.45) is 0 Å². The highest BCUT2D eigenvalue weighted by atomic mass is 79.9. The molecule has 2 amide bonds. The second kappa shape index (κ2) is 11.5. The van der Waals surface area contributed by atoms with Gasteiger partial charge >= 0.3 is 0 Å². The highest BCUT2D eigenvalue weighted by Gasteiger charge is 2.24. The number of hydrogen-bond acceptors (Lipinski definition) is 3. The zero-order valence-electron chi connectivity index (χ0n) is 19.0. The fraction of sp³-hybridized carbons (Fsp3) is 0.148. The van der Waals surface area contributed by atoms with Gasteiger partial charge in [-0.2, -0.15) is 5.10 Å². The fourth-order valence-electron chi connectivity index (χ4n) is 3.79. The van der Waals surface area contributed by atoms with E-state index in [1.807, 2.05) is 78.9 Å². The number of amides is 2. The second-order valence-electron chi connectivity index (χ2n) is 8.01. The van der Waals surface area contributed by atoms with Crippen molar-refractivity contribution in [3.05, 3.63) is 111 Å². The number of nitrogens with zero attached hydrogens (tertiary/aromatic N) is 2. The van der Waals surface area contributed by atoms with E-state index in [1.165, 1.54) is 0 Å². The minimum Gasteiger partial charge on any atom is -0.357 e. The zero-order chi connectivity index (χ0) is 24.8. The van der Waals surface area contributed by atoms with Gasteiger partial charge in [-0.25, -0.2) is 0 Å². The number of aromatic nitrogens is 2. The van der Waals surface area contributed by atoms with Crippen molar-refractivity contribution < 1.29 is 9.59 Å². The Morgan fingerprint density at radius 2 is 1.63 bits per heavy atom. The van der Waals surface area contributed by atoms with Gasteiger partial charge in [0.1, 0.15) is 11.7 Å². The van der Waals surface area contributed by atoms with Crippen LogP contribution in [0.25, 0.3) is 11.3 Å². The first kappa shape index (κ1) is 24.9. The minimum absolute atomic E-state index is 0.265. The van der Waals surface area contributed by atoms with Crippen molar-refractivity contribution in [3.8, 4) is 11.3 Å². The van der Waals surface area contributed by atoms with Crippen LogP contribution in [0.15, 0.2) is 93.9 Å². The minimum atomic E-state index is -0.742. The van der Waals surface area contributed by atoms with Gasteiger partial charge in [-0.05, 0) is 35.4 Å². The number of rotatable bonds is 8. The normalized spacial score (nSPS) is 11.6. The van der Waals surface area contributed by atoms with E-state index in [1.54, 1.807) is 17.8 Å². The Bertz CT molecular complexity index is 1340. The maximum absolute atomic E-state index is 13.5. The summed E-state index contributed by atoms with van der Waals surface area (Å²) in [5.74, 6) is -0.631. The van der Waals surface area contributed by atoms with E-state index in [4.69, 9.17) is 5.10 Å². The number of halogens is 2. The molecule has 178 valence electrons. The molecule has 0 fully saturated rings. The topological polar surface area (TPSA) is 76.0 Å². The summed E-state index contributed by atoms with van der Waals surface area (Å²) >= 11 is 7.04. The van der Waals surface area contributed by atoms with Crippen molar-refractivity contribution in [3.63, 3.8) is 0 Å². The van der Waals surface area contributed by atoms with Gasteiger partial charge < -0.3 is 10.6 Å². The monoisotopic (exact) mass is 594 g/mol. The highest BCUT2D eigenvalue weighted by molar-refractivity contribution is 9.10. The summed E-state index contributed by atoms with van der Waals surface area (Å²) in [5, 5.41) is 10.3. The second-order valence-corrected chi connectivity index (χ2v) is 9.78. The Labute approximate surface area is 221 Å². The molecule has 4 aromatic rings. The average Bonchev–Trinajstić information content (AvgIpc) is 3.27. The third kappa shape index (κ3) is 6.26. The lowest BCUT2D eigenvalue weighted by atomic mass is 10.0. The standard InChI is InChI=1S/C27H24Br2N4O2/c1-30-26(34)24(15-19-10-7-11-20(28)14-19)31-27(35)25-16-23(21-12-5-6-13-22(21)29)32-33(25)17-18-8-3-2-4-9-18/h2-14,16,24H,15,17H2,1H3,(H,30,34)(H,31,35)/t24-/m0/s1. The molecule has 8 heteroatoms. The van der Waals surface area contributed by atoms with E-state index in [0.717, 1.165) is 25.6 Å². The van der Waals surface area contributed by atoms with Crippen molar-refractivity contribution in [2.75, 3.05) is 7.05 Å². The van der Waals surface area contributed by atoms with Crippen molar-refractivity contribution >= 4 is 43.7 Å². The van der Waals surface area contributed by atoms with E-state index < -0.39 is 6.04 Å². The Morgan fingerprint density at radius 3 is 2.34 bits per heavy atom. The van der Waals surface area contributed by atoms with Gasteiger partial charge in [-0.3, -0.25) is 14.3 Å². The van der Waals surface area contributed by atoms with Gasteiger partial charge in [0.2, 0.25) is 5.91 Å². The molecular formula is C27H24Br2N4O2. The SMILES string of the molecule is CNC(=O)[C@H](Cc1cccc(Br)c1)NC(=O)c1cc(-c2ccccc2Br)nn1Cc1ccccc1. The fourth-order valence-corrected chi connectivity index (χ4v) is 4.73. The molecule has 0 radical (unpaired) electrons. The molecule has 1 atom stereocenters.